The molecule has 0 aromatic heterocycles. The van der Waals surface area contributed by atoms with Gasteiger partial charge in [0.1, 0.15) is 0 Å². The first-order chi connectivity index (χ1) is 4.46. The van der Waals surface area contributed by atoms with E-state index in [-0.39, 0.29) is 5.48 Å². The molecule has 0 unspecified atom stereocenters. The van der Waals surface area contributed by atoms with Crippen LogP contribution in [0.4, 0.5) is 0 Å². The van der Waals surface area contributed by atoms with E-state index >= 15 is 0 Å². The van der Waals surface area contributed by atoms with E-state index in [9.17, 15) is 0 Å². The van der Waals surface area contributed by atoms with Crippen molar-refractivity contribution in [2.45, 2.75) is 38.6 Å². The summed E-state index contributed by atoms with van der Waals surface area (Å²) in [4.78, 5) is 0. The van der Waals surface area contributed by atoms with Crippen molar-refractivity contribution in [3.05, 3.63) is 0 Å². The fourth-order valence-corrected chi connectivity index (χ4v) is 1.67. The average molecular weight is 159 g/mol. The zero-order valence-corrected chi connectivity index (χ0v) is 8.22. The third-order valence-corrected chi connectivity index (χ3v) is 3.39. The van der Waals surface area contributed by atoms with Crippen molar-refractivity contribution in [1.29, 1.82) is 0 Å². The summed E-state index contributed by atoms with van der Waals surface area (Å²) in [6, 6.07) is 0. The van der Waals surface area contributed by atoms with Gasteiger partial charge in [0.25, 0.3) is 0 Å². The molecular formula is C9H21NO. The van der Waals surface area contributed by atoms with Gasteiger partial charge in [-0.15, -0.1) is 0 Å². The van der Waals surface area contributed by atoms with Gasteiger partial charge in [-0.2, -0.15) is 0 Å². The molecule has 1 rings (SSSR count). The Labute approximate surface area is 70.1 Å². The number of quaternary nitrogens is 1. The first kappa shape index (κ1) is 10.9. The molecule has 0 aliphatic carbocycles. The Bertz CT molecular complexity index is 114. The molecule has 0 aromatic carbocycles. The summed E-state index contributed by atoms with van der Waals surface area (Å²) < 4.78 is 1.20. The number of piperidine rings is 1. The summed E-state index contributed by atoms with van der Waals surface area (Å²) >= 11 is 0. The van der Waals surface area contributed by atoms with Crippen LogP contribution in [0.3, 0.4) is 0 Å². The molecule has 0 saturated carbocycles. The van der Waals surface area contributed by atoms with Gasteiger partial charge < -0.3 is 9.96 Å². The summed E-state index contributed by atoms with van der Waals surface area (Å²) in [5, 5.41) is 0. The Hall–Kier alpha value is -0.0800. The summed E-state index contributed by atoms with van der Waals surface area (Å²) in [5.41, 5.74) is 0.512. The van der Waals surface area contributed by atoms with Crippen molar-refractivity contribution >= 4 is 0 Å². The van der Waals surface area contributed by atoms with E-state index in [1.54, 1.807) is 0 Å². The van der Waals surface area contributed by atoms with Crippen LogP contribution >= 0.6 is 0 Å². The van der Waals surface area contributed by atoms with E-state index in [1.807, 2.05) is 0 Å². The number of hydrogen-bond donors (Lipinski definition) is 0. The van der Waals surface area contributed by atoms with Crippen molar-refractivity contribution in [3.8, 4) is 0 Å². The molecule has 1 fully saturated rings. The van der Waals surface area contributed by atoms with Gasteiger partial charge in [-0.1, -0.05) is 0 Å². The lowest BCUT2D eigenvalue weighted by Gasteiger charge is -2.48. The highest BCUT2D eigenvalue weighted by Gasteiger charge is 2.38. The van der Waals surface area contributed by atoms with Gasteiger partial charge in [-0.3, -0.25) is 0 Å². The van der Waals surface area contributed by atoms with Crippen LogP contribution < -0.4 is 0 Å². The lowest BCUT2D eigenvalue weighted by Crippen LogP contribution is -2.58. The Morgan fingerprint density at radius 2 is 1.64 bits per heavy atom. The molecule has 2 nitrogen and oxygen atoms in total. The van der Waals surface area contributed by atoms with Crippen molar-refractivity contribution in [2.75, 3.05) is 20.6 Å². The van der Waals surface area contributed by atoms with Gasteiger partial charge in [-0.05, 0) is 26.7 Å². The molecule has 0 amide bonds. The Balaban J connectivity index is 0.000001000. The maximum Gasteiger partial charge on any atom is 0.0931 e. The first-order valence-corrected chi connectivity index (χ1v) is 4.29. The van der Waals surface area contributed by atoms with Crippen molar-refractivity contribution in [3.63, 3.8) is 0 Å². The SMILES string of the molecule is CC1(C)CCCC[N+]1(C)C.[OH-]. The summed E-state index contributed by atoms with van der Waals surface area (Å²) in [5.74, 6) is 0. The molecule has 0 aromatic rings. The number of likely N-dealkylation sites (tertiary alicyclic amines) is 1. The molecule has 11 heavy (non-hydrogen) atoms. The van der Waals surface area contributed by atoms with Crippen molar-refractivity contribution in [2.24, 2.45) is 0 Å². The fraction of sp³-hybridized carbons (Fsp3) is 1.00. The lowest BCUT2D eigenvalue weighted by molar-refractivity contribution is -0.943. The van der Waals surface area contributed by atoms with Gasteiger partial charge in [0.2, 0.25) is 0 Å². The Morgan fingerprint density at radius 1 is 1.09 bits per heavy atom. The van der Waals surface area contributed by atoms with Crippen LogP contribution in [0, 0.1) is 0 Å². The number of hydrogen-bond acceptors (Lipinski definition) is 1. The second-order valence-corrected chi connectivity index (χ2v) is 4.68. The largest absolute Gasteiger partial charge is 0.870 e. The highest BCUT2D eigenvalue weighted by Crippen LogP contribution is 2.30. The van der Waals surface area contributed by atoms with Crippen LogP contribution in [0.1, 0.15) is 33.1 Å². The molecule has 2 heteroatoms. The summed E-state index contributed by atoms with van der Waals surface area (Å²) in [6.45, 7) is 6.12. The maximum absolute atomic E-state index is 2.38. The van der Waals surface area contributed by atoms with Crippen LogP contribution in [-0.2, 0) is 0 Å². The van der Waals surface area contributed by atoms with Crippen LogP contribution in [-0.4, -0.2) is 36.1 Å². The van der Waals surface area contributed by atoms with Crippen molar-refractivity contribution < 1.29 is 9.96 Å². The predicted molar refractivity (Wildman–Crippen MR) is 46.8 cm³/mol. The standard InChI is InChI=1S/C9H20N.H2O/c1-9(2)7-5-6-8-10(9,3)4;/h5-8H2,1-4H3;1H2/q+1;/p-1. The normalized spacial score (nSPS) is 27.3. The molecule has 0 spiro atoms. The minimum Gasteiger partial charge on any atom is -0.870 e. The molecular weight excluding hydrogens is 138 g/mol. The van der Waals surface area contributed by atoms with Crippen LogP contribution in [0.5, 0.6) is 0 Å². The molecule has 1 heterocycles. The second kappa shape index (κ2) is 3.11. The van der Waals surface area contributed by atoms with E-state index in [4.69, 9.17) is 0 Å². The van der Waals surface area contributed by atoms with Gasteiger partial charge in [0.15, 0.2) is 0 Å². The van der Waals surface area contributed by atoms with E-state index in [0.29, 0.717) is 5.54 Å². The molecule has 1 aliphatic rings. The number of rotatable bonds is 0. The topological polar surface area (TPSA) is 30.0 Å². The predicted octanol–water partition coefficient (Wildman–Crippen LogP) is 1.85. The fourth-order valence-electron chi connectivity index (χ4n) is 1.67. The average Bonchev–Trinajstić information content (AvgIpc) is 1.77. The van der Waals surface area contributed by atoms with E-state index in [2.05, 4.69) is 27.9 Å². The number of nitrogens with zero attached hydrogens (tertiary/aromatic N) is 1. The minimum atomic E-state index is 0. The molecule has 0 radical (unpaired) electrons. The van der Waals surface area contributed by atoms with Gasteiger partial charge in [0, 0.05) is 6.42 Å². The lowest BCUT2D eigenvalue weighted by atomic mass is 9.89. The van der Waals surface area contributed by atoms with Crippen LogP contribution in [0.2, 0.25) is 0 Å². The summed E-state index contributed by atoms with van der Waals surface area (Å²) in [7, 11) is 4.69. The highest BCUT2D eigenvalue weighted by atomic mass is 16.0. The Kier molecular flexibility index (Phi) is 3.09. The first-order valence-electron chi connectivity index (χ1n) is 4.29. The molecule has 1 saturated heterocycles. The van der Waals surface area contributed by atoms with E-state index < -0.39 is 0 Å². The molecule has 68 valence electrons. The third kappa shape index (κ3) is 1.94. The Morgan fingerprint density at radius 3 is 1.91 bits per heavy atom. The van der Waals surface area contributed by atoms with Crippen LogP contribution in [0.15, 0.2) is 0 Å². The highest BCUT2D eigenvalue weighted by molar-refractivity contribution is 4.72. The minimum absolute atomic E-state index is 0. The molecule has 0 bridgehead atoms. The smallest absolute Gasteiger partial charge is 0.0931 e. The molecule has 0 atom stereocenters. The zero-order chi connectivity index (χ0) is 7.83. The maximum atomic E-state index is 2.38. The van der Waals surface area contributed by atoms with Crippen molar-refractivity contribution in [1.82, 2.24) is 0 Å². The van der Waals surface area contributed by atoms with Gasteiger partial charge in [0.05, 0.1) is 26.2 Å². The molecule has 1 N–H and O–H groups in total. The molecule has 1 aliphatic heterocycles. The van der Waals surface area contributed by atoms with E-state index in [0.717, 1.165) is 0 Å². The summed E-state index contributed by atoms with van der Waals surface area (Å²) in [6.07, 6.45) is 4.23. The van der Waals surface area contributed by atoms with Gasteiger partial charge in [-0.25, -0.2) is 0 Å². The monoisotopic (exact) mass is 159 g/mol. The quantitative estimate of drug-likeness (QED) is 0.496. The second-order valence-electron chi connectivity index (χ2n) is 4.68. The third-order valence-electron chi connectivity index (χ3n) is 3.39. The van der Waals surface area contributed by atoms with Crippen LogP contribution in [0.25, 0.3) is 0 Å². The van der Waals surface area contributed by atoms with E-state index in [1.165, 1.54) is 30.3 Å². The zero-order valence-electron chi connectivity index (χ0n) is 8.22. The van der Waals surface area contributed by atoms with Gasteiger partial charge >= 0.3 is 0 Å².